The van der Waals surface area contributed by atoms with Crippen molar-refractivity contribution in [2.24, 2.45) is 0 Å². The molecular weight excluding hydrogens is 388 g/mol. The van der Waals surface area contributed by atoms with Gasteiger partial charge in [-0.2, -0.15) is 0 Å². The van der Waals surface area contributed by atoms with Crippen LogP contribution in [-0.2, 0) is 9.53 Å². The number of carbonyl (C=O) groups is 2. The Hall–Kier alpha value is -3.13. The van der Waals surface area contributed by atoms with Gasteiger partial charge in [0, 0.05) is 11.1 Å². The van der Waals surface area contributed by atoms with Crippen LogP contribution in [0.5, 0.6) is 5.75 Å². The molecule has 0 spiro atoms. The molecule has 0 fully saturated rings. The van der Waals surface area contributed by atoms with Crippen molar-refractivity contribution in [1.29, 1.82) is 0 Å². The Bertz CT molecular complexity index is 869. The number of benzene rings is 2. The van der Waals surface area contributed by atoms with Crippen LogP contribution in [0.25, 0.3) is 0 Å². The van der Waals surface area contributed by atoms with Crippen LogP contribution >= 0.6 is 11.6 Å². The van der Waals surface area contributed by atoms with Gasteiger partial charge in [-0.15, -0.1) is 0 Å². The van der Waals surface area contributed by atoms with Crippen LogP contribution < -0.4 is 10.1 Å². The van der Waals surface area contributed by atoms with Crippen LogP contribution in [0.15, 0.2) is 42.5 Å². The highest BCUT2D eigenvalue weighted by atomic mass is 35.5. The van der Waals surface area contributed by atoms with E-state index in [9.17, 15) is 19.7 Å². The first-order valence-electron chi connectivity index (χ1n) is 8.45. The molecule has 1 N–H and O–H groups in total. The number of nitrogens with one attached hydrogen (secondary N) is 1. The summed E-state index contributed by atoms with van der Waals surface area (Å²) in [5.74, 6) is -1.30. The normalized spacial score (nSPS) is 11.4. The van der Waals surface area contributed by atoms with Gasteiger partial charge in [-0.05, 0) is 43.7 Å². The molecule has 0 aromatic heterocycles. The molecule has 0 radical (unpaired) electrons. The molecule has 0 saturated carbocycles. The number of rotatable bonds is 8. The monoisotopic (exact) mass is 406 g/mol. The molecule has 8 nitrogen and oxygen atoms in total. The maximum atomic E-state index is 12.1. The number of nitrogens with zero attached hydrogens (tertiary/aromatic N) is 1. The van der Waals surface area contributed by atoms with Crippen molar-refractivity contribution in [3.8, 4) is 5.75 Å². The number of esters is 1. The lowest BCUT2D eigenvalue weighted by atomic mass is 10.1. The lowest BCUT2D eigenvalue weighted by molar-refractivity contribution is -0.385. The summed E-state index contributed by atoms with van der Waals surface area (Å²) in [5, 5.41) is 14.4. The van der Waals surface area contributed by atoms with Crippen LogP contribution in [0.2, 0.25) is 5.02 Å². The topological polar surface area (TPSA) is 108 Å². The molecule has 1 atom stereocenters. The standard InChI is InChI=1S/C19H19ClN2O6/c1-3-27-17-9-6-14(10-16(17)22(25)26)19(24)28-11-18(23)21-12(2)13-4-7-15(20)8-5-13/h4-10,12H,3,11H2,1-2H3,(H,21,23)/t12-/m0/s1. The molecule has 2 aromatic rings. The van der Waals surface area contributed by atoms with Gasteiger partial charge in [-0.3, -0.25) is 14.9 Å². The predicted octanol–water partition coefficient (Wildman–Crippen LogP) is 3.68. The minimum absolute atomic E-state index is 0.0475. The Morgan fingerprint density at radius 3 is 2.50 bits per heavy atom. The maximum absolute atomic E-state index is 12.1. The van der Waals surface area contributed by atoms with Crippen molar-refractivity contribution in [2.45, 2.75) is 19.9 Å². The number of nitro groups is 1. The van der Waals surface area contributed by atoms with Crippen LogP contribution in [0.4, 0.5) is 5.69 Å². The van der Waals surface area contributed by atoms with Gasteiger partial charge in [0.15, 0.2) is 12.4 Å². The zero-order valence-corrected chi connectivity index (χ0v) is 16.1. The molecule has 0 aliphatic rings. The van der Waals surface area contributed by atoms with Gasteiger partial charge >= 0.3 is 11.7 Å². The van der Waals surface area contributed by atoms with Gasteiger partial charge < -0.3 is 14.8 Å². The number of ether oxygens (including phenoxy) is 2. The van der Waals surface area contributed by atoms with E-state index in [2.05, 4.69) is 5.32 Å². The SMILES string of the molecule is CCOc1ccc(C(=O)OCC(=O)N[C@@H](C)c2ccc(Cl)cc2)cc1[N+](=O)[O-]. The van der Waals surface area contributed by atoms with E-state index in [1.54, 1.807) is 38.1 Å². The molecule has 0 heterocycles. The molecule has 1 amide bonds. The summed E-state index contributed by atoms with van der Waals surface area (Å²) in [4.78, 5) is 34.6. The van der Waals surface area contributed by atoms with Crippen LogP contribution in [0, 0.1) is 10.1 Å². The van der Waals surface area contributed by atoms with Crippen molar-refractivity contribution in [3.05, 3.63) is 68.7 Å². The van der Waals surface area contributed by atoms with E-state index in [-0.39, 0.29) is 29.6 Å². The summed E-state index contributed by atoms with van der Waals surface area (Å²) in [6, 6.07) is 10.4. The lowest BCUT2D eigenvalue weighted by Gasteiger charge is -2.14. The quantitative estimate of drug-likeness (QED) is 0.407. The summed E-state index contributed by atoms with van der Waals surface area (Å²) in [7, 11) is 0. The van der Waals surface area contributed by atoms with E-state index in [0.717, 1.165) is 11.6 Å². The third-order valence-electron chi connectivity index (χ3n) is 3.77. The average Bonchev–Trinajstić information content (AvgIpc) is 2.67. The van der Waals surface area contributed by atoms with Crippen LogP contribution in [0.1, 0.15) is 35.8 Å². The fraction of sp³-hybridized carbons (Fsp3) is 0.263. The second kappa shape index (κ2) is 9.70. The van der Waals surface area contributed by atoms with Crippen molar-refractivity contribution in [3.63, 3.8) is 0 Å². The smallest absolute Gasteiger partial charge is 0.338 e. The molecule has 0 aliphatic carbocycles. The van der Waals surface area contributed by atoms with Crippen molar-refractivity contribution < 1.29 is 24.0 Å². The summed E-state index contributed by atoms with van der Waals surface area (Å²) in [5.41, 5.74) is 0.442. The van der Waals surface area contributed by atoms with E-state index in [0.29, 0.717) is 5.02 Å². The second-order valence-corrected chi connectivity index (χ2v) is 6.23. The van der Waals surface area contributed by atoms with Crippen molar-refractivity contribution >= 4 is 29.2 Å². The molecule has 2 rings (SSSR count). The molecule has 0 saturated heterocycles. The largest absolute Gasteiger partial charge is 0.487 e. The van der Waals surface area contributed by atoms with Gasteiger partial charge in [0.05, 0.1) is 23.1 Å². The predicted molar refractivity (Wildman–Crippen MR) is 103 cm³/mol. The summed E-state index contributed by atoms with van der Waals surface area (Å²) < 4.78 is 10.1. The number of hydrogen-bond donors (Lipinski definition) is 1. The molecule has 9 heteroatoms. The lowest BCUT2D eigenvalue weighted by Crippen LogP contribution is -2.31. The molecular formula is C19H19ClN2O6. The fourth-order valence-corrected chi connectivity index (χ4v) is 2.52. The summed E-state index contributed by atoms with van der Waals surface area (Å²) in [6.45, 7) is 3.20. The highest BCUT2D eigenvalue weighted by molar-refractivity contribution is 6.30. The highest BCUT2D eigenvalue weighted by Crippen LogP contribution is 2.28. The molecule has 0 aliphatic heterocycles. The third-order valence-corrected chi connectivity index (χ3v) is 4.03. The van der Waals surface area contributed by atoms with Crippen molar-refractivity contribution in [2.75, 3.05) is 13.2 Å². The van der Waals surface area contributed by atoms with Gasteiger partial charge in [-0.25, -0.2) is 4.79 Å². The van der Waals surface area contributed by atoms with Crippen LogP contribution in [0.3, 0.4) is 0 Å². The van der Waals surface area contributed by atoms with Gasteiger partial charge in [-0.1, -0.05) is 23.7 Å². The fourth-order valence-electron chi connectivity index (χ4n) is 2.40. The average molecular weight is 407 g/mol. The van der Waals surface area contributed by atoms with E-state index in [4.69, 9.17) is 21.1 Å². The Labute approximate surface area is 166 Å². The highest BCUT2D eigenvalue weighted by Gasteiger charge is 2.20. The summed E-state index contributed by atoms with van der Waals surface area (Å²) >= 11 is 5.83. The third kappa shape index (κ3) is 5.68. The molecule has 28 heavy (non-hydrogen) atoms. The molecule has 148 valence electrons. The Morgan fingerprint density at radius 1 is 1.21 bits per heavy atom. The van der Waals surface area contributed by atoms with Crippen molar-refractivity contribution in [1.82, 2.24) is 5.32 Å². The molecule has 0 unspecified atom stereocenters. The summed E-state index contributed by atoms with van der Waals surface area (Å²) in [6.07, 6.45) is 0. The Balaban J connectivity index is 1.95. The number of nitro benzene ring substituents is 1. The maximum Gasteiger partial charge on any atom is 0.338 e. The van der Waals surface area contributed by atoms with Gasteiger partial charge in [0.2, 0.25) is 0 Å². The van der Waals surface area contributed by atoms with Gasteiger partial charge in [0.25, 0.3) is 5.91 Å². The minimum Gasteiger partial charge on any atom is -0.487 e. The first-order valence-corrected chi connectivity index (χ1v) is 8.82. The van der Waals surface area contributed by atoms with E-state index >= 15 is 0 Å². The van der Waals surface area contributed by atoms with E-state index in [1.807, 2.05) is 0 Å². The molecule has 0 bridgehead atoms. The second-order valence-electron chi connectivity index (χ2n) is 5.79. The zero-order valence-electron chi connectivity index (χ0n) is 15.3. The number of halogens is 1. The number of hydrogen-bond acceptors (Lipinski definition) is 6. The first kappa shape index (κ1) is 21.2. The van der Waals surface area contributed by atoms with E-state index < -0.39 is 23.4 Å². The Kier molecular flexibility index (Phi) is 7.34. The Morgan fingerprint density at radius 2 is 1.89 bits per heavy atom. The number of carbonyl (C=O) groups excluding carboxylic acids is 2. The first-order chi connectivity index (χ1) is 13.3. The zero-order chi connectivity index (χ0) is 20.7. The van der Waals surface area contributed by atoms with E-state index in [1.165, 1.54) is 12.1 Å². The van der Waals surface area contributed by atoms with Crippen LogP contribution in [-0.4, -0.2) is 30.0 Å². The minimum atomic E-state index is -0.847. The number of amides is 1. The molecule has 2 aromatic carbocycles. The van der Waals surface area contributed by atoms with Gasteiger partial charge in [0.1, 0.15) is 0 Å².